The molecule has 2 aliphatic heterocycles. The van der Waals surface area contributed by atoms with Gasteiger partial charge in [-0.1, -0.05) is 49.8 Å². The van der Waals surface area contributed by atoms with Crippen LogP contribution >= 0.6 is 11.6 Å². The van der Waals surface area contributed by atoms with E-state index in [4.69, 9.17) is 17.4 Å². The normalized spacial score (nSPS) is 26.7. The molecule has 31 heavy (non-hydrogen) atoms. The van der Waals surface area contributed by atoms with Gasteiger partial charge in [-0.3, -0.25) is 10.7 Å². The van der Waals surface area contributed by atoms with Gasteiger partial charge in [0, 0.05) is 31.9 Å². The highest BCUT2D eigenvalue weighted by Crippen LogP contribution is 2.26. The molecule has 6 N–H and O–H groups in total. The number of nitrogens with one attached hydrogen (secondary N) is 4. The first-order valence-electron chi connectivity index (χ1n) is 10.7. The van der Waals surface area contributed by atoms with E-state index in [9.17, 15) is 4.39 Å². The van der Waals surface area contributed by atoms with Crippen molar-refractivity contribution in [3.63, 3.8) is 0 Å². The smallest absolute Gasteiger partial charge is 0.147 e. The fourth-order valence-corrected chi connectivity index (χ4v) is 4.63. The lowest BCUT2D eigenvalue weighted by Gasteiger charge is -2.49. The Kier molecular flexibility index (Phi) is 6.71. The molecule has 4 rings (SSSR count). The molecule has 1 aromatic carbocycles. The summed E-state index contributed by atoms with van der Waals surface area (Å²) in [4.78, 5) is 4.69. The van der Waals surface area contributed by atoms with Gasteiger partial charge in [-0.25, -0.2) is 9.82 Å². The third-order valence-electron chi connectivity index (χ3n) is 6.15. The summed E-state index contributed by atoms with van der Waals surface area (Å²) >= 11 is 6.22. The molecule has 7 nitrogen and oxygen atoms in total. The van der Waals surface area contributed by atoms with E-state index in [1.54, 1.807) is 6.07 Å². The third kappa shape index (κ3) is 4.82. The third-order valence-corrected chi connectivity index (χ3v) is 6.46. The molecule has 0 saturated carbocycles. The lowest BCUT2D eigenvalue weighted by Crippen LogP contribution is -2.65. The number of piperazine rings is 1. The molecule has 2 heterocycles. The van der Waals surface area contributed by atoms with E-state index in [1.807, 2.05) is 0 Å². The highest BCUT2D eigenvalue weighted by atomic mass is 35.5. The fourth-order valence-electron chi connectivity index (χ4n) is 4.41. The molecule has 168 valence electrons. The molecule has 1 saturated heterocycles. The molecule has 3 aliphatic rings. The Morgan fingerprint density at radius 3 is 2.68 bits per heavy atom. The molecule has 1 fully saturated rings. The van der Waals surface area contributed by atoms with Gasteiger partial charge in [0.05, 0.1) is 22.8 Å². The first-order valence-corrected chi connectivity index (χ1v) is 11.1. The molecule has 0 amide bonds. The molecular formula is C22H31ClFN7. The van der Waals surface area contributed by atoms with Gasteiger partial charge in [-0.2, -0.15) is 0 Å². The van der Waals surface area contributed by atoms with Crippen LogP contribution in [-0.4, -0.2) is 53.8 Å². The zero-order valence-corrected chi connectivity index (χ0v) is 18.6. The second-order valence-corrected chi connectivity index (χ2v) is 8.90. The molecule has 4 unspecified atom stereocenters. The maximum Gasteiger partial charge on any atom is 0.147 e. The summed E-state index contributed by atoms with van der Waals surface area (Å²) in [6.45, 7) is 6.92. The van der Waals surface area contributed by atoms with E-state index in [0.717, 1.165) is 25.5 Å². The fraction of sp³-hybridized carbons (Fsp3) is 0.455. The summed E-state index contributed by atoms with van der Waals surface area (Å²) in [6.07, 6.45) is 10.3. The van der Waals surface area contributed by atoms with Gasteiger partial charge >= 0.3 is 0 Å². The van der Waals surface area contributed by atoms with E-state index in [1.165, 1.54) is 12.1 Å². The van der Waals surface area contributed by atoms with Crippen molar-refractivity contribution in [2.24, 2.45) is 11.8 Å². The molecular weight excluding hydrogens is 417 g/mol. The highest BCUT2D eigenvalue weighted by Gasteiger charge is 2.36. The number of nitrogens with two attached hydrogens (primary N) is 1. The Labute approximate surface area is 188 Å². The summed E-state index contributed by atoms with van der Waals surface area (Å²) in [5, 5.41) is 10.8. The number of allylic oxidation sites excluding steroid dienone is 2. The summed E-state index contributed by atoms with van der Waals surface area (Å²) in [7, 11) is 0. The molecule has 4 atom stereocenters. The molecule has 0 spiro atoms. The van der Waals surface area contributed by atoms with Crippen LogP contribution in [0.5, 0.6) is 0 Å². The van der Waals surface area contributed by atoms with E-state index in [-0.39, 0.29) is 30.2 Å². The van der Waals surface area contributed by atoms with Gasteiger partial charge in [0.1, 0.15) is 17.9 Å². The maximum atomic E-state index is 13.4. The Hall–Kier alpha value is -2.26. The monoisotopic (exact) mass is 447 g/mol. The Morgan fingerprint density at radius 1 is 1.19 bits per heavy atom. The summed E-state index contributed by atoms with van der Waals surface area (Å²) < 4.78 is 13.4. The number of halogens is 2. The lowest BCUT2D eigenvalue weighted by atomic mass is 9.98. The van der Waals surface area contributed by atoms with Crippen molar-refractivity contribution >= 4 is 17.3 Å². The van der Waals surface area contributed by atoms with Crippen molar-refractivity contribution in [2.45, 2.75) is 38.3 Å². The minimum atomic E-state index is -0.367. The summed E-state index contributed by atoms with van der Waals surface area (Å²) in [6, 6.07) is 5.09. The van der Waals surface area contributed by atoms with E-state index >= 15 is 0 Å². The number of hydrazine groups is 1. The Bertz CT molecular complexity index is 871. The van der Waals surface area contributed by atoms with Gasteiger partial charge in [0.15, 0.2) is 0 Å². The maximum absolute atomic E-state index is 13.4. The van der Waals surface area contributed by atoms with Crippen molar-refractivity contribution in [2.75, 3.05) is 25.0 Å². The molecule has 0 bridgehead atoms. The van der Waals surface area contributed by atoms with Crippen LogP contribution in [0.15, 0.2) is 54.5 Å². The SMILES string of the molecule is CC(C)C1CN(C2=CNC3C=CC=CC3N2)CCN1C(NN)Nc1ccc(F)cc1Cl. The number of rotatable bonds is 6. The largest absolute Gasteiger partial charge is 0.379 e. The number of nitrogens with zero attached hydrogens (tertiary/aromatic N) is 2. The zero-order chi connectivity index (χ0) is 22.0. The van der Waals surface area contributed by atoms with Crippen LogP contribution in [0.25, 0.3) is 0 Å². The van der Waals surface area contributed by atoms with Crippen LogP contribution in [0.3, 0.4) is 0 Å². The Morgan fingerprint density at radius 2 is 1.97 bits per heavy atom. The minimum Gasteiger partial charge on any atom is -0.379 e. The van der Waals surface area contributed by atoms with Gasteiger partial charge in [0.2, 0.25) is 0 Å². The number of hydrogen-bond acceptors (Lipinski definition) is 7. The second-order valence-electron chi connectivity index (χ2n) is 8.49. The molecule has 1 aromatic rings. The van der Waals surface area contributed by atoms with Crippen LogP contribution in [0, 0.1) is 11.7 Å². The van der Waals surface area contributed by atoms with Crippen molar-refractivity contribution < 1.29 is 4.39 Å². The van der Waals surface area contributed by atoms with Gasteiger partial charge in [-0.15, -0.1) is 0 Å². The first kappa shape index (κ1) is 22.0. The predicted octanol–water partition coefficient (Wildman–Crippen LogP) is 2.14. The van der Waals surface area contributed by atoms with Crippen LogP contribution < -0.4 is 27.2 Å². The molecule has 1 aliphatic carbocycles. The van der Waals surface area contributed by atoms with Crippen molar-refractivity contribution in [1.29, 1.82) is 0 Å². The first-order chi connectivity index (χ1) is 15.0. The second kappa shape index (κ2) is 9.48. The van der Waals surface area contributed by atoms with Crippen LogP contribution in [0.1, 0.15) is 13.8 Å². The van der Waals surface area contributed by atoms with Crippen molar-refractivity contribution in [3.8, 4) is 0 Å². The van der Waals surface area contributed by atoms with Gasteiger partial charge < -0.3 is 20.9 Å². The van der Waals surface area contributed by atoms with E-state index in [0.29, 0.717) is 16.6 Å². The van der Waals surface area contributed by atoms with Gasteiger partial charge in [-0.05, 0) is 24.1 Å². The van der Waals surface area contributed by atoms with Crippen LogP contribution in [0.2, 0.25) is 5.02 Å². The average molecular weight is 448 g/mol. The quantitative estimate of drug-likeness (QED) is 0.260. The number of fused-ring (bicyclic) bond motifs is 1. The van der Waals surface area contributed by atoms with Gasteiger partial charge in [0.25, 0.3) is 0 Å². The molecule has 0 radical (unpaired) electrons. The topological polar surface area (TPSA) is 80.6 Å². The molecule has 9 heteroatoms. The average Bonchev–Trinajstić information content (AvgIpc) is 2.78. The predicted molar refractivity (Wildman–Crippen MR) is 123 cm³/mol. The van der Waals surface area contributed by atoms with Crippen LogP contribution in [0.4, 0.5) is 10.1 Å². The van der Waals surface area contributed by atoms with Crippen molar-refractivity contribution in [1.82, 2.24) is 25.9 Å². The standard InChI is InChI=1S/C22H31ClFN7/c1-14(2)20-13-30(21-12-26-18-5-3-4-6-19(18)27-21)9-10-31(20)22(29-25)28-17-8-7-15(24)11-16(17)23/h3-8,11-12,14,18-20,22,26-29H,9-10,13,25H2,1-2H3. The highest BCUT2D eigenvalue weighted by molar-refractivity contribution is 6.33. The molecule has 0 aromatic heterocycles. The minimum absolute atomic E-state index is 0.240. The number of anilines is 1. The summed E-state index contributed by atoms with van der Waals surface area (Å²) in [5.41, 5.74) is 3.50. The zero-order valence-electron chi connectivity index (χ0n) is 17.9. The van der Waals surface area contributed by atoms with Crippen molar-refractivity contribution in [3.05, 3.63) is 65.4 Å². The van der Waals surface area contributed by atoms with E-state index < -0.39 is 0 Å². The number of benzene rings is 1. The summed E-state index contributed by atoms with van der Waals surface area (Å²) in [5.74, 6) is 7.05. The Balaban J connectivity index is 1.47. The van der Waals surface area contributed by atoms with Crippen LogP contribution in [-0.2, 0) is 0 Å². The number of hydrogen-bond donors (Lipinski definition) is 5. The van der Waals surface area contributed by atoms with E-state index in [2.05, 4.69) is 75.5 Å². The lowest BCUT2D eigenvalue weighted by molar-refractivity contribution is 0.0251.